The molecule has 2 N–H and O–H groups in total. The van der Waals surface area contributed by atoms with Gasteiger partial charge in [0.05, 0.1) is 36.4 Å². The van der Waals surface area contributed by atoms with Gasteiger partial charge in [0.2, 0.25) is 5.91 Å². The van der Waals surface area contributed by atoms with Crippen molar-refractivity contribution in [3.63, 3.8) is 0 Å². The third-order valence-corrected chi connectivity index (χ3v) is 7.30. The number of hydrogen-bond acceptors (Lipinski definition) is 5. The predicted octanol–water partition coefficient (Wildman–Crippen LogP) is 3.20. The fourth-order valence-corrected chi connectivity index (χ4v) is 5.29. The van der Waals surface area contributed by atoms with Gasteiger partial charge >= 0.3 is 0 Å². The maximum absolute atomic E-state index is 14.6. The largest absolute Gasteiger partial charge is 0.394 e. The number of aromatic nitrogens is 2. The van der Waals surface area contributed by atoms with Crippen LogP contribution in [0.25, 0.3) is 10.9 Å². The van der Waals surface area contributed by atoms with Crippen LogP contribution in [0, 0.1) is 5.82 Å². The number of aliphatic hydroxyl groups excluding tert-OH is 1. The Morgan fingerprint density at radius 2 is 2.15 bits per heavy atom. The molecule has 2 fully saturated rings. The average Bonchev–Trinajstić information content (AvgIpc) is 3.53. The van der Waals surface area contributed by atoms with Crippen molar-refractivity contribution < 1.29 is 14.3 Å². The summed E-state index contributed by atoms with van der Waals surface area (Å²) in [6, 6.07) is 10.1. The number of piperazine rings is 1. The number of rotatable bonds is 5. The number of carbonyl (C=O) groups is 1. The summed E-state index contributed by atoms with van der Waals surface area (Å²) in [4.78, 5) is 17.0. The number of aliphatic hydroxyl groups is 1. The molecule has 2 aromatic carbocycles. The monoisotopic (exact) mass is 485 g/mol. The fourth-order valence-electron chi connectivity index (χ4n) is 5.14. The van der Waals surface area contributed by atoms with Gasteiger partial charge in [0, 0.05) is 41.3 Å². The first kappa shape index (κ1) is 23.1. The maximum atomic E-state index is 14.6. The molecule has 3 atom stereocenters. The Morgan fingerprint density at radius 3 is 2.88 bits per heavy atom. The molecule has 2 saturated heterocycles. The molecule has 0 bridgehead atoms. The maximum Gasteiger partial charge on any atom is 0.240 e. The molecule has 9 heteroatoms. The highest BCUT2D eigenvalue weighted by molar-refractivity contribution is 6.30. The van der Waals surface area contributed by atoms with Gasteiger partial charge in [-0.3, -0.25) is 9.48 Å². The first-order valence-corrected chi connectivity index (χ1v) is 12.2. The number of amides is 1. The molecule has 1 aromatic heterocycles. The van der Waals surface area contributed by atoms with Crippen LogP contribution >= 0.6 is 11.6 Å². The summed E-state index contributed by atoms with van der Waals surface area (Å²) in [6.07, 6.45) is 3.64. The molecule has 180 valence electrons. The molecule has 2 aliphatic rings. The Hall–Kier alpha value is -2.68. The Kier molecular flexibility index (Phi) is 6.46. The lowest BCUT2D eigenvalue weighted by Crippen LogP contribution is -2.59. The van der Waals surface area contributed by atoms with Gasteiger partial charge in [-0.05, 0) is 56.6 Å². The summed E-state index contributed by atoms with van der Waals surface area (Å²) < 4.78 is 16.4. The van der Waals surface area contributed by atoms with Gasteiger partial charge in [0.1, 0.15) is 5.82 Å². The predicted molar refractivity (Wildman–Crippen MR) is 131 cm³/mol. The summed E-state index contributed by atoms with van der Waals surface area (Å²) in [5, 5.41) is 19.2. The van der Waals surface area contributed by atoms with E-state index in [0.717, 1.165) is 36.0 Å². The van der Waals surface area contributed by atoms with Crippen molar-refractivity contribution in [2.45, 2.75) is 37.9 Å². The van der Waals surface area contributed by atoms with Crippen LogP contribution in [-0.2, 0) is 4.79 Å². The van der Waals surface area contributed by atoms with Crippen molar-refractivity contribution in [2.75, 3.05) is 37.7 Å². The highest BCUT2D eigenvalue weighted by Gasteiger charge is 2.35. The second-order valence-electron chi connectivity index (χ2n) is 9.14. The third-order valence-electron chi connectivity index (χ3n) is 7.06. The third kappa shape index (κ3) is 4.26. The lowest BCUT2D eigenvalue weighted by Gasteiger charge is -2.42. The van der Waals surface area contributed by atoms with E-state index in [1.165, 1.54) is 6.07 Å². The van der Waals surface area contributed by atoms with E-state index in [2.05, 4.69) is 21.4 Å². The van der Waals surface area contributed by atoms with Crippen LogP contribution in [0.2, 0.25) is 5.02 Å². The fraction of sp³-hybridized carbons (Fsp3) is 0.440. The number of anilines is 1. The van der Waals surface area contributed by atoms with Crippen LogP contribution in [0.4, 0.5) is 10.1 Å². The van der Waals surface area contributed by atoms with Gasteiger partial charge in [-0.1, -0.05) is 17.7 Å². The average molecular weight is 486 g/mol. The smallest absolute Gasteiger partial charge is 0.240 e. The van der Waals surface area contributed by atoms with Crippen molar-refractivity contribution >= 4 is 34.1 Å². The molecule has 5 rings (SSSR count). The molecule has 1 amide bonds. The normalized spacial score (nSPS) is 21.9. The molecule has 0 radical (unpaired) electrons. The molecule has 7 nitrogen and oxygen atoms in total. The number of benzene rings is 2. The zero-order chi connectivity index (χ0) is 23.8. The summed E-state index contributed by atoms with van der Waals surface area (Å²) >= 11 is 5.92. The van der Waals surface area contributed by atoms with Crippen molar-refractivity contribution in [1.29, 1.82) is 0 Å². The summed E-state index contributed by atoms with van der Waals surface area (Å²) in [5.41, 5.74) is 2.41. The van der Waals surface area contributed by atoms with Gasteiger partial charge < -0.3 is 20.2 Å². The van der Waals surface area contributed by atoms with Crippen LogP contribution < -0.4 is 10.2 Å². The number of fused-ring (bicyclic) bond motifs is 1. The van der Waals surface area contributed by atoms with E-state index in [1.807, 2.05) is 28.6 Å². The molecular weight excluding hydrogens is 457 g/mol. The summed E-state index contributed by atoms with van der Waals surface area (Å²) in [6.45, 7) is 4.49. The molecule has 3 aromatic rings. The van der Waals surface area contributed by atoms with Crippen LogP contribution in [0.5, 0.6) is 0 Å². The van der Waals surface area contributed by atoms with Crippen molar-refractivity contribution in [2.24, 2.45) is 0 Å². The van der Waals surface area contributed by atoms with Crippen LogP contribution in [0.3, 0.4) is 0 Å². The van der Waals surface area contributed by atoms with Crippen molar-refractivity contribution in [3.8, 4) is 0 Å². The number of carbonyl (C=O) groups excluding carboxylic acids is 1. The number of nitrogens with zero attached hydrogens (tertiary/aromatic N) is 4. The van der Waals surface area contributed by atoms with E-state index in [0.29, 0.717) is 30.2 Å². The standard InChI is InChI=1S/C25H29ClFN5O2/c1-16(21-7-5-18(26)11-22(21)27)32-24-12-19(6-4-17(24)13-29-32)30-9-10-31(20(14-30)15-33)25(34)23-3-2-8-28-23/h4-7,11-13,16,20,23,28,33H,2-3,8-10,14-15H2,1H3/t16-,20+,23?/m1/s1. The van der Waals surface area contributed by atoms with E-state index in [-0.39, 0.29) is 36.5 Å². The summed E-state index contributed by atoms with van der Waals surface area (Å²) in [7, 11) is 0. The van der Waals surface area contributed by atoms with E-state index < -0.39 is 0 Å². The topological polar surface area (TPSA) is 73.6 Å². The van der Waals surface area contributed by atoms with Gasteiger partial charge in [0.15, 0.2) is 0 Å². The minimum atomic E-state index is -0.358. The zero-order valence-electron chi connectivity index (χ0n) is 19.1. The molecule has 0 spiro atoms. The molecule has 3 heterocycles. The number of nitrogens with one attached hydrogen (secondary N) is 1. The first-order chi connectivity index (χ1) is 16.5. The van der Waals surface area contributed by atoms with Gasteiger partial charge in [0.25, 0.3) is 0 Å². The van der Waals surface area contributed by atoms with E-state index in [1.54, 1.807) is 18.3 Å². The molecule has 2 aliphatic heterocycles. The second kappa shape index (κ2) is 9.52. The quantitative estimate of drug-likeness (QED) is 0.580. The Balaban J connectivity index is 1.39. The van der Waals surface area contributed by atoms with E-state index in [9.17, 15) is 14.3 Å². The van der Waals surface area contributed by atoms with Crippen molar-refractivity contribution in [1.82, 2.24) is 20.0 Å². The van der Waals surface area contributed by atoms with E-state index >= 15 is 0 Å². The molecule has 1 unspecified atom stereocenters. The number of halogens is 2. The van der Waals surface area contributed by atoms with Gasteiger partial charge in [-0.2, -0.15) is 5.10 Å². The molecule has 0 aliphatic carbocycles. The Morgan fingerprint density at radius 1 is 1.29 bits per heavy atom. The number of hydrogen-bond donors (Lipinski definition) is 2. The van der Waals surface area contributed by atoms with Crippen LogP contribution in [0.1, 0.15) is 31.4 Å². The minimum absolute atomic E-state index is 0.0813. The Bertz CT molecular complexity index is 1200. The minimum Gasteiger partial charge on any atom is -0.394 e. The Labute approximate surface area is 203 Å². The summed E-state index contributed by atoms with van der Waals surface area (Å²) in [5.74, 6) is -0.272. The zero-order valence-corrected chi connectivity index (χ0v) is 19.9. The molecule has 34 heavy (non-hydrogen) atoms. The van der Waals surface area contributed by atoms with Gasteiger partial charge in [-0.15, -0.1) is 0 Å². The lowest BCUT2D eigenvalue weighted by molar-refractivity contribution is -0.136. The van der Waals surface area contributed by atoms with E-state index in [4.69, 9.17) is 11.6 Å². The SMILES string of the molecule is C[C@H](c1ccc(Cl)cc1F)n1ncc2ccc(N3CCN(C(=O)C4CCCN4)[C@H](CO)C3)cc21. The van der Waals surface area contributed by atoms with Gasteiger partial charge in [-0.25, -0.2) is 4.39 Å². The molecule has 0 saturated carbocycles. The lowest BCUT2D eigenvalue weighted by atomic mass is 10.1. The highest BCUT2D eigenvalue weighted by Crippen LogP contribution is 2.30. The van der Waals surface area contributed by atoms with Crippen LogP contribution in [0.15, 0.2) is 42.6 Å². The molecular formula is C25H29ClFN5O2. The second-order valence-corrected chi connectivity index (χ2v) is 9.57. The van der Waals surface area contributed by atoms with Crippen molar-refractivity contribution in [3.05, 3.63) is 59.0 Å². The first-order valence-electron chi connectivity index (χ1n) is 11.8. The van der Waals surface area contributed by atoms with Crippen LogP contribution in [-0.4, -0.2) is 70.6 Å². The highest BCUT2D eigenvalue weighted by atomic mass is 35.5.